The van der Waals surface area contributed by atoms with Crippen molar-refractivity contribution < 1.29 is 52.7 Å². The quantitative estimate of drug-likeness (QED) is 0.146. The second kappa shape index (κ2) is 11.8. The van der Waals surface area contributed by atoms with Crippen LogP contribution in [-0.2, 0) is 24.7 Å². The molecule has 0 aromatic heterocycles. The third-order valence-corrected chi connectivity index (χ3v) is 9.71. The molecule has 229 valence electrons. The third-order valence-electron chi connectivity index (χ3n) is 6.53. The van der Waals surface area contributed by atoms with Gasteiger partial charge in [-0.3, -0.25) is 0 Å². The van der Waals surface area contributed by atoms with Crippen LogP contribution in [0.15, 0.2) is 60.7 Å². The number of hydrogen-bond donors (Lipinski definition) is 0. The van der Waals surface area contributed by atoms with Gasteiger partial charge in [0.2, 0.25) is 0 Å². The summed E-state index contributed by atoms with van der Waals surface area (Å²) in [5.41, 5.74) is -8.64. The zero-order valence-electron chi connectivity index (χ0n) is 22.5. The van der Waals surface area contributed by atoms with E-state index in [-0.39, 0.29) is 28.9 Å². The summed E-state index contributed by atoms with van der Waals surface area (Å²) in [6.45, 7) is 5.48. The van der Waals surface area contributed by atoms with Gasteiger partial charge in [-0.15, -0.1) is 0 Å². The van der Waals surface area contributed by atoms with Crippen LogP contribution >= 0.6 is 7.92 Å². The summed E-state index contributed by atoms with van der Waals surface area (Å²) < 4.78 is 166. The summed E-state index contributed by atoms with van der Waals surface area (Å²) in [5, 5.41) is 0.444. The molecule has 0 saturated carbocycles. The topological polar surface area (TPSA) is 0 Å². The Morgan fingerprint density at radius 1 is 0.500 bits per heavy atom. The van der Waals surface area contributed by atoms with E-state index in [1.54, 1.807) is 12.1 Å². The van der Waals surface area contributed by atoms with Crippen LogP contribution < -0.4 is 21.7 Å². The molecule has 0 unspecified atom stereocenters. The monoisotopic (exact) mass is 630 g/mol. The lowest BCUT2D eigenvalue weighted by Gasteiger charge is -2.38. The van der Waals surface area contributed by atoms with E-state index in [2.05, 4.69) is 0 Å². The molecule has 0 heterocycles. The van der Waals surface area contributed by atoms with E-state index in [9.17, 15) is 52.7 Å². The predicted octanol–water partition coefficient (Wildman–Crippen LogP) is 8.20. The molecule has 0 saturated heterocycles. The summed E-state index contributed by atoms with van der Waals surface area (Å²) >= 11 is 0. The maximum atomic E-state index is 13.8. The minimum Gasteiger partial charge on any atom is -0.232 e. The Hall–Kier alpha value is -2.69. The Morgan fingerprint density at radius 3 is 1.10 bits per heavy atom. The van der Waals surface area contributed by atoms with Gasteiger partial charge in [0.15, 0.2) is 0 Å². The van der Waals surface area contributed by atoms with Crippen LogP contribution in [0, 0.1) is 0 Å². The van der Waals surface area contributed by atoms with Crippen LogP contribution in [-0.4, -0.2) is 18.0 Å². The Morgan fingerprint density at radius 2 is 0.810 bits per heavy atom. The normalized spacial score (nSPS) is 13.6. The van der Waals surface area contributed by atoms with Crippen LogP contribution in [0.2, 0.25) is 0 Å². The molecule has 0 nitrogen and oxygen atoms in total. The molecule has 3 aromatic rings. The number of halogens is 12. The van der Waals surface area contributed by atoms with Crippen molar-refractivity contribution in [1.29, 1.82) is 0 Å². The molecule has 0 aliphatic heterocycles. The molecule has 14 heteroatoms. The molecule has 0 aliphatic rings. The smallest absolute Gasteiger partial charge is 0.232 e. The Balaban J connectivity index is 2.56. The summed E-state index contributed by atoms with van der Waals surface area (Å²) in [4.78, 5) is 0. The van der Waals surface area contributed by atoms with Crippen LogP contribution in [0.25, 0.3) is 0 Å². The van der Waals surface area contributed by atoms with Crippen LogP contribution in [0.4, 0.5) is 52.7 Å². The van der Waals surface area contributed by atoms with Crippen molar-refractivity contribution in [3.8, 4) is 0 Å². The molecule has 0 amide bonds. The molecule has 0 fully saturated rings. The van der Waals surface area contributed by atoms with Gasteiger partial charge in [0.25, 0.3) is 0 Å². The fraction of sp³-hybridized carbons (Fsp3) is 0.357. The zero-order chi connectivity index (χ0) is 32.0. The molecule has 3 aromatic carbocycles. The van der Waals surface area contributed by atoms with Gasteiger partial charge in [-0.2, -0.15) is 52.7 Å². The number of hydrogen-bond acceptors (Lipinski definition) is 0. The van der Waals surface area contributed by atoms with Crippen LogP contribution in [0.3, 0.4) is 0 Å². The van der Waals surface area contributed by atoms with Gasteiger partial charge in [-0.05, 0) is 30.2 Å². The molecule has 0 atom stereocenters. The SMILES string of the molecule is CC(C)P(c1ccccc1[B-](c1cc(C(F)(F)F)cc(C(F)(F)F)c1)c1cc(C(F)(F)F)cc(C(F)(F)F)c1)C(C)C. The maximum Gasteiger partial charge on any atom is 0.416 e. The minimum atomic E-state index is -5.30. The average Bonchev–Trinajstić information content (AvgIpc) is 2.82. The lowest BCUT2D eigenvalue weighted by molar-refractivity contribution is -0.144. The highest BCUT2D eigenvalue weighted by Crippen LogP contribution is 2.44. The van der Waals surface area contributed by atoms with Crippen molar-refractivity contribution >= 4 is 36.3 Å². The summed E-state index contributed by atoms with van der Waals surface area (Å²) in [5.74, 6) is 0. The molecular formula is C28H24BF12P-. The van der Waals surface area contributed by atoms with E-state index >= 15 is 0 Å². The Kier molecular flexibility index (Phi) is 9.48. The Bertz CT molecular complexity index is 1250. The molecular weight excluding hydrogens is 606 g/mol. The fourth-order valence-corrected chi connectivity index (χ4v) is 8.03. The van der Waals surface area contributed by atoms with E-state index in [0.717, 1.165) is 0 Å². The van der Waals surface area contributed by atoms with Crippen LogP contribution in [0.5, 0.6) is 0 Å². The fourth-order valence-electron chi connectivity index (χ4n) is 4.96. The van der Waals surface area contributed by atoms with Crippen molar-refractivity contribution in [2.75, 3.05) is 0 Å². The van der Waals surface area contributed by atoms with Crippen LogP contribution in [0.1, 0.15) is 49.9 Å². The molecule has 0 N–H and O–H groups in total. The van der Waals surface area contributed by atoms with Gasteiger partial charge in [0, 0.05) is 0 Å². The third kappa shape index (κ3) is 7.63. The second-order valence-electron chi connectivity index (χ2n) is 10.3. The average molecular weight is 630 g/mol. The standard InChI is InChI=1S/C28H24BF12P/c1-15(2)42(16(3)4)24-8-6-5-7-23(24)29(21-11-17(25(30,31)32)9-18(12-21)26(33,34)35)22-13-19(27(36,37)38)10-20(14-22)28(39,40)41/h5-16H,1-4H3/q-1. The molecule has 3 rings (SSSR count). The lowest BCUT2D eigenvalue weighted by Crippen LogP contribution is -2.57. The summed E-state index contributed by atoms with van der Waals surface area (Å²) in [6, 6.07) is 6.91. The van der Waals surface area contributed by atoms with E-state index in [4.69, 9.17) is 0 Å². The molecule has 0 aliphatic carbocycles. The van der Waals surface area contributed by atoms with Crippen molar-refractivity contribution in [1.82, 2.24) is 0 Å². The first kappa shape index (κ1) is 33.8. The first-order valence-electron chi connectivity index (χ1n) is 12.5. The molecule has 1 radical (unpaired) electrons. The number of alkyl halides is 12. The highest BCUT2D eigenvalue weighted by Gasteiger charge is 2.39. The van der Waals surface area contributed by atoms with Gasteiger partial charge < -0.3 is 0 Å². The lowest BCUT2D eigenvalue weighted by atomic mass is 9.36. The van der Waals surface area contributed by atoms with Crippen molar-refractivity contribution in [3.63, 3.8) is 0 Å². The first-order valence-corrected chi connectivity index (χ1v) is 14.0. The maximum absolute atomic E-state index is 13.8. The van der Waals surface area contributed by atoms with Gasteiger partial charge in [-0.25, -0.2) is 16.4 Å². The summed E-state index contributed by atoms with van der Waals surface area (Å²) in [6.07, 6.45) is -21.2. The number of benzene rings is 3. The van der Waals surface area contributed by atoms with Crippen molar-refractivity contribution in [3.05, 3.63) is 82.9 Å². The molecule has 0 spiro atoms. The van der Waals surface area contributed by atoms with Gasteiger partial charge in [0.1, 0.15) is 0 Å². The van der Waals surface area contributed by atoms with Crippen molar-refractivity contribution in [2.24, 2.45) is 0 Å². The second-order valence-corrected chi connectivity index (χ2v) is 13.6. The summed E-state index contributed by atoms with van der Waals surface area (Å²) in [7, 11) is -1.22. The van der Waals surface area contributed by atoms with E-state index in [0.29, 0.717) is 29.6 Å². The highest BCUT2D eigenvalue weighted by molar-refractivity contribution is 7.67. The van der Waals surface area contributed by atoms with Crippen molar-refractivity contribution in [2.45, 2.75) is 63.7 Å². The largest absolute Gasteiger partial charge is 0.416 e. The predicted molar refractivity (Wildman–Crippen MR) is 141 cm³/mol. The minimum absolute atomic E-state index is 0.0194. The Labute approximate surface area is 236 Å². The van der Waals surface area contributed by atoms with E-state index in [1.165, 1.54) is 12.1 Å². The first-order chi connectivity index (χ1) is 19.0. The zero-order valence-corrected chi connectivity index (χ0v) is 23.4. The van der Waals surface area contributed by atoms with E-state index < -0.39 is 72.5 Å². The van der Waals surface area contributed by atoms with E-state index in [1.807, 2.05) is 27.7 Å². The van der Waals surface area contributed by atoms with Gasteiger partial charge in [-0.1, -0.05) is 89.5 Å². The molecule has 42 heavy (non-hydrogen) atoms. The molecule has 0 bridgehead atoms. The number of rotatable bonds is 6. The van der Waals surface area contributed by atoms with Gasteiger partial charge in [0.05, 0.1) is 22.3 Å². The highest BCUT2D eigenvalue weighted by atomic mass is 31.1. The van der Waals surface area contributed by atoms with Gasteiger partial charge >= 0.3 is 24.7 Å².